The molecule has 0 amide bonds. The highest BCUT2D eigenvalue weighted by molar-refractivity contribution is 6.30. The summed E-state index contributed by atoms with van der Waals surface area (Å²) in [5, 5.41) is 28.0. The lowest BCUT2D eigenvalue weighted by molar-refractivity contribution is -0.193. The Morgan fingerprint density at radius 2 is 1.71 bits per heavy atom. The Morgan fingerprint density at radius 3 is 2.15 bits per heavy atom. The van der Waals surface area contributed by atoms with Gasteiger partial charge in [0.1, 0.15) is 17.6 Å². The summed E-state index contributed by atoms with van der Waals surface area (Å²) in [5.74, 6) is -4.39. The highest BCUT2D eigenvalue weighted by Gasteiger charge is 2.40. The van der Waals surface area contributed by atoms with Crippen LogP contribution in [0.3, 0.4) is 0 Å². The molecule has 0 spiro atoms. The lowest BCUT2D eigenvalue weighted by Gasteiger charge is -2.31. The van der Waals surface area contributed by atoms with Crippen LogP contribution in [0.15, 0.2) is 55.0 Å². The number of halogens is 7. The molecule has 2 heterocycles. The number of aromatic nitrogens is 2. The predicted octanol–water partition coefficient (Wildman–Crippen LogP) is 5.63. The zero-order chi connectivity index (χ0) is 31.0. The maximum atomic E-state index is 10.6. The molecular formula is C25H21ClF6N4O5. The third-order valence-corrected chi connectivity index (χ3v) is 5.75. The van der Waals surface area contributed by atoms with Crippen LogP contribution in [0.25, 0.3) is 0 Å². The lowest BCUT2D eigenvalue weighted by Crippen LogP contribution is -2.39. The Bertz CT molecular complexity index is 1390. The van der Waals surface area contributed by atoms with E-state index in [1.54, 1.807) is 12.1 Å². The number of rotatable bonds is 4. The van der Waals surface area contributed by atoms with Crippen LogP contribution in [0.5, 0.6) is 11.5 Å². The molecule has 0 unspecified atom stereocenters. The number of aliphatic carboxylic acids is 2. The quantitative estimate of drug-likeness (QED) is 0.325. The topological polar surface area (TPSA) is 137 Å². The largest absolute Gasteiger partial charge is 0.490 e. The molecule has 1 aliphatic heterocycles. The van der Waals surface area contributed by atoms with Gasteiger partial charge in [0.2, 0.25) is 0 Å². The third kappa shape index (κ3) is 8.85. The zero-order valence-corrected chi connectivity index (χ0v) is 21.7. The fourth-order valence-corrected chi connectivity index (χ4v) is 3.93. The molecule has 9 nitrogen and oxygen atoms in total. The summed E-state index contributed by atoms with van der Waals surface area (Å²) in [6, 6.07) is 15.1. The van der Waals surface area contributed by atoms with E-state index < -0.39 is 24.3 Å². The van der Waals surface area contributed by atoms with E-state index >= 15 is 0 Å². The summed E-state index contributed by atoms with van der Waals surface area (Å²) < 4.78 is 71.5. The summed E-state index contributed by atoms with van der Waals surface area (Å²) in [6.07, 6.45) is -4.44. The average molecular weight is 607 g/mol. The van der Waals surface area contributed by atoms with E-state index in [2.05, 4.69) is 16.4 Å². The van der Waals surface area contributed by atoms with E-state index in [-0.39, 0.29) is 5.54 Å². The van der Waals surface area contributed by atoms with Crippen LogP contribution in [0.1, 0.15) is 29.7 Å². The molecule has 0 aliphatic carbocycles. The summed E-state index contributed by atoms with van der Waals surface area (Å²) in [6.45, 7) is 0.926. The molecule has 3 N–H and O–H groups in total. The van der Waals surface area contributed by atoms with E-state index in [0.29, 0.717) is 22.1 Å². The Balaban J connectivity index is 0.000000349. The number of nitrogens with zero attached hydrogens (tertiary/aromatic N) is 3. The van der Waals surface area contributed by atoms with E-state index in [1.807, 2.05) is 54.5 Å². The SMILES string of the molecule is Cn1cncc1[C@@]1(c2ccc(C#N)c(Oc3cccc(Cl)c3)c2)CCCN1.O=C(O)C(F)(F)F.O=C(O)C(F)(F)F. The van der Waals surface area contributed by atoms with Crippen molar-refractivity contribution in [2.75, 3.05) is 6.54 Å². The number of imidazole rings is 1. The van der Waals surface area contributed by atoms with Gasteiger partial charge in [-0.05, 0) is 55.3 Å². The van der Waals surface area contributed by atoms with Gasteiger partial charge in [0.15, 0.2) is 0 Å². The van der Waals surface area contributed by atoms with Gasteiger partial charge < -0.3 is 24.8 Å². The van der Waals surface area contributed by atoms with Gasteiger partial charge in [0.05, 0.1) is 29.3 Å². The van der Waals surface area contributed by atoms with Gasteiger partial charge in [0, 0.05) is 12.1 Å². The minimum absolute atomic E-state index is 0.342. The standard InChI is InChI=1S/C21H19ClN4O.2C2HF3O2/c1-26-14-24-13-20(26)21(8-3-9-25-21)16-7-6-15(12-23)19(10-16)27-18-5-2-4-17(22)11-18;2*3-2(4,5)1(6)7/h2,4-7,10-11,13-14,25H,3,8-9H2,1H3;2*(H,6,7)/t21-;;/m0../s1. The van der Waals surface area contributed by atoms with E-state index in [1.165, 1.54) is 0 Å². The van der Waals surface area contributed by atoms with Crippen LogP contribution in [-0.2, 0) is 22.2 Å². The maximum absolute atomic E-state index is 10.6. The number of benzene rings is 2. The van der Waals surface area contributed by atoms with Gasteiger partial charge in [-0.15, -0.1) is 0 Å². The van der Waals surface area contributed by atoms with Gasteiger partial charge >= 0.3 is 24.3 Å². The number of hydrogen-bond acceptors (Lipinski definition) is 6. The molecule has 1 atom stereocenters. The molecule has 41 heavy (non-hydrogen) atoms. The number of aryl methyl sites for hydroxylation is 1. The number of carboxylic acids is 2. The molecule has 1 fully saturated rings. The van der Waals surface area contributed by atoms with E-state index in [4.69, 9.17) is 36.1 Å². The smallest absolute Gasteiger partial charge is 0.475 e. The summed E-state index contributed by atoms with van der Waals surface area (Å²) in [5.41, 5.74) is 2.29. The van der Waals surface area contributed by atoms with Crippen molar-refractivity contribution in [3.05, 3.63) is 76.8 Å². The van der Waals surface area contributed by atoms with Crippen molar-refractivity contribution in [2.45, 2.75) is 30.7 Å². The Labute approximate surface area is 233 Å². The van der Waals surface area contributed by atoms with E-state index in [0.717, 1.165) is 30.6 Å². The Hall–Kier alpha value is -4.29. The monoisotopic (exact) mass is 606 g/mol. The predicted molar refractivity (Wildman–Crippen MR) is 131 cm³/mol. The number of carboxylic acid groups (broad SMARTS) is 2. The van der Waals surface area contributed by atoms with Gasteiger partial charge in [-0.2, -0.15) is 31.6 Å². The highest BCUT2D eigenvalue weighted by atomic mass is 35.5. The second-order valence-electron chi connectivity index (χ2n) is 8.31. The number of alkyl halides is 6. The molecular weight excluding hydrogens is 586 g/mol. The Morgan fingerprint density at radius 1 is 1.10 bits per heavy atom. The van der Waals surface area contributed by atoms with Gasteiger partial charge in [-0.1, -0.05) is 23.7 Å². The first-order valence-corrected chi connectivity index (χ1v) is 11.7. The summed E-state index contributed by atoms with van der Waals surface area (Å²) in [7, 11) is 2.00. The Kier molecular flexibility index (Phi) is 10.7. The molecule has 0 bridgehead atoms. The number of ether oxygens (including phenoxy) is 1. The number of hydrogen-bond donors (Lipinski definition) is 3. The van der Waals surface area contributed by atoms with Crippen molar-refractivity contribution >= 4 is 23.5 Å². The number of nitrogens with one attached hydrogen (secondary N) is 1. The summed E-state index contributed by atoms with van der Waals surface area (Å²) in [4.78, 5) is 22.1. The third-order valence-electron chi connectivity index (χ3n) is 5.51. The molecule has 3 aromatic rings. The van der Waals surface area contributed by atoms with Crippen molar-refractivity contribution in [1.82, 2.24) is 14.9 Å². The molecule has 4 rings (SSSR count). The molecule has 1 saturated heterocycles. The molecule has 0 saturated carbocycles. The van der Waals surface area contributed by atoms with Gasteiger partial charge in [-0.3, -0.25) is 0 Å². The lowest BCUT2D eigenvalue weighted by atomic mass is 9.84. The van der Waals surface area contributed by atoms with Gasteiger partial charge in [-0.25, -0.2) is 14.6 Å². The number of carbonyl (C=O) groups is 2. The van der Waals surface area contributed by atoms with Crippen molar-refractivity contribution in [3.8, 4) is 17.6 Å². The first kappa shape index (κ1) is 32.9. The molecule has 220 valence electrons. The van der Waals surface area contributed by atoms with Crippen LogP contribution in [-0.4, -0.2) is 50.6 Å². The maximum Gasteiger partial charge on any atom is 0.490 e. The van der Waals surface area contributed by atoms with Crippen molar-refractivity contribution in [1.29, 1.82) is 5.26 Å². The molecule has 1 aliphatic rings. The summed E-state index contributed by atoms with van der Waals surface area (Å²) >= 11 is 6.06. The first-order valence-electron chi connectivity index (χ1n) is 11.3. The molecule has 16 heteroatoms. The van der Waals surface area contributed by atoms with Crippen LogP contribution in [0, 0.1) is 11.3 Å². The van der Waals surface area contributed by atoms with Crippen LogP contribution >= 0.6 is 11.6 Å². The number of nitriles is 1. The molecule has 0 radical (unpaired) electrons. The van der Waals surface area contributed by atoms with Crippen molar-refractivity contribution in [3.63, 3.8) is 0 Å². The minimum atomic E-state index is -5.08. The van der Waals surface area contributed by atoms with E-state index in [9.17, 15) is 31.6 Å². The zero-order valence-electron chi connectivity index (χ0n) is 20.9. The van der Waals surface area contributed by atoms with Gasteiger partial charge in [0.25, 0.3) is 0 Å². The first-order chi connectivity index (χ1) is 19.0. The fraction of sp³-hybridized carbons (Fsp3) is 0.280. The normalized spacial score (nSPS) is 16.4. The minimum Gasteiger partial charge on any atom is -0.475 e. The second-order valence-corrected chi connectivity index (χ2v) is 8.75. The highest BCUT2D eigenvalue weighted by Crippen LogP contribution is 2.40. The van der Waals surface area contributed by atoms with Crippen LogP contribution in [0.2, 0.25) is 5.02 Å². The average Bonchev–Trinajstić information content (AvgIpc) is 3.53. The van der Waals surface area contributed by atoms with Crippen molar-refractivity contribution < 1.29 is 50.9 Å². The van der Waals surface area contributed by atoms with Crippen LogP contribution in [0.4, 0.5) is 26.3 Å². The fourth-order valence-electron chi connectivity index (χ4n) is 3.75. The van der Waals surface area contributed by atoms with Crippen molar-refractivity contribution in [2.24, 2.45) is 7.05 Å². The molecule has 2 aromatic carbocycles. The second kappa shape index (κ2) is 13.4. The molecule has 1 aromatic heterocycles. The van der Waals surface area contributed by atoms with Crippen LogP contribution < -0.4 is 10.1 Å².